The van der Waals surface area contributed by atoms with Gasteiger partial charge in [-0.1, -0.05) is 164 Å². The fraction of sp³-hybridized carbons (Fsp3) is 0.0213. The van der Waals surface area contributed by atoms with Crippen LogP contribution in [0.2, 0.25) is 0 Å². The second-order valence-electron chi connectivity index (χ2n) is 12.9. The third-order valence-corrected chi connectivity index (χ3v) is 10.3. The molecule has 228 valence electrons. The molecule has 0 atom stereocenters. The molecule has 2 heteroatoms. The van der Waals surface area contributed by atoms with E-state index in [0.717, 1.165) is 39.5 Å². The lowest BCUT2D eigenvalue weighted by Crippen LogP contribution is -2.25. The van der Waals surface area contributed by atoms with E-state index < -0.39 is 0 Å². The van der Waals surface area contributed by atoms with Crippen LogP contribution >= 0.6 is 0 Å². The molecule has 0 aliphatic heterocycles. The summed E-state index contributed by atoms with van der Waals surface area (Å²) in [6.07, 6.45) is 0. The van der Waals surface area contributed by atoms with E-state index in [2.05, 4.69) is 158 Å². The van der Waals surface area contributed by atoms with Crippen molar-refractivity contribution in [3.05, 3.63) is 204 Å². The highest BCUT2D eigenvalue weighted by atomic mass is 14.9. The maximum atomic E-state index is 5.12. The van der Waals surface area contributed by atoms with E-state index in [1.165, 1.54) is 50.1 Å². The summed E-state index contributed by atoms with van der Waals surface area (Å²) in [6.45, 7) is 0. The number of nitrogens with zero attached hydrogens (tertiary/aromatic N) is 2. The first-order chi connectivity index (χ1) is 24.3. The molecule has 1 heterocycles. The van der Waals surface area contributed by atoms with Gasteiger partial charge in [0.15, 0.2) is 5.82 Å². The van der Waals surface area contributed by atoms with Gasteiger partial charge in [0, 0.05) is 16.7 Å². The highest BCUT2D eigenvalue weighted by Gasteiger charge is 2.51. The number of hydrogen-bond acceptors (Lipinski definition) is 2. The first-order valence-electron chi connectivity index (χ1n) is 16.8. The molecule has 0 unspecified atom stereocenters. The molecule has 2 aliphatic carbocycles. The van der Waals surface area contributed by atoms with E-state index in [9.17, 15) is 0 Å². The molecule has 0 N–H and O–H groups in total. The van der Waals surface area contributed by atoms with Crippen LogP contribution in [0.15, 0.2) is 182 Å². The van der Waals surface area contributed by atoms with Gasteiger partial charge in [-0.05, 0) is 73.8 Å². The van der Waals surface area contributed by atoms with Crippen molar-refractivity contribution < 1.29 is 0 Å². The summed E-state index contributed by atoms with van der Waals surface area (Å²) < 4.78 is 0. The van der Waals surface area contributed by atoms with Crippen molar-refractivity contribution in [2.24, 2.45) is 0 Å². The summed E-state index contributed by atoms with van der Waals surface area (Å²) >= 11 is 0. The lowest BCUT2D eigenvalue weighted by Gasteiger charge is -2.30. The van der Waals surface area contributed by atoms with Crippen LogP contribution in [-0.2, 0) is 5.41 Å². The van der Waals surface area contributed by atoms with Gasteiger partial charge in [0.2, 0.25) is 0 Å². The summed E-state index contributed by atoms with van der Waals surface area (Å²) in [5, 5.41) is 0. The molecule has 7 aromatic carbocycles. The van der Waals surface area contributed by atoms with Crippen molar-refractivity contribution in [3.63, 3.8) is 0 Å². The zero-order valence-corrected chi connectivity index (χ0v) is 26.7. The molecule has 1 aromatic heterocycles. The van der Waals surface area contributed by atoms with Gasteiger partial charge in [-0.15, -0.1) is 0 Å². The third kappa shape index (κ3) is 4.14. The zero-order valence-electron chi connectivity index (χ0n) is 26.7. The number of rotatable bonds is 4. The molecule has 0 fully saturated rings. The average molecular weight is 623 g/mol. The fourth-order valence-electron chi connectivity index (χ4n) is 8.20. The Hall–Kier alpha value is -6.38. The minimum atomic E-state index is -0.367. The van der Waals surface area contributed by atoms with Crippen molar-refractivity contribution >= 4 is 0 Å². The molecule has 0 bridgehead atoms. The van der Waals surface area contributed by atoms with Crippen LogP contribution in [-0.4, -0.2) is 9.97 Å². The van der Waals surface area contributed by atoms with E-state index in [0.29, 0.717) is 0 Å². The predicted octanol–water partition coefficient (Wildman–Crippen LogP) is 11.5. The van der Waals surface area contributed by atoms with Gasteiger partial charge >= 0.3 is 0 Å². The lowest BCUT2D eigenvalue weighted by atomic mass is 9.70. The van der Waals surface area contributed by atoms with Crippen LogP contribution in [0.3, 0.4) is 0 Å². The number of hydrogen-bond donors (Lipinski definition) is 0. The van der Waals surface area contributed by atoms with Gasteiger partial charge in [0.1, 0.15) is 0 Å². The van der Waals surface area contributed by atoms with Crippen LogP contribution in [0.5, 0.6) is 0 Å². The number of benzene rings is 7. The molecule has 0 amide bonds. The second-order valence-corrected chi connectivity index (χ2v) is 12.9. The number of fused-ring (bicyclic) bond motifs is 10. The van der Waals surface area contributed by atoms with Crippen LogP contribution in [0.4, 0.5) is 0 Å². The average Bonchev–Trinajstić information content (AvgIpc) is 3.66. The van der Waals surface area contributed by atoms with Crippen molar-refractivity contribution in [1.82, 2.24) is 9.97 Å². The molecule has 2 nitrogen and oxygen atoms in total. The van der Waals surface area contributed by atoms with Crippen molar-refractivity contribution in [2.45, 2.75) is 5.41 Å². The third-order valence-electron chi connectivity index (χ3n) is 10.3. The maximum Gasteiger partial charge on any atom is 0.160 e. The highest BCUT2D eigenvalue weighted by Crippen LogP contribution is 2.63. The molecule has 1 spiro atoms. The van der Waals surface area contributed by atoms with Gasteiger partial charge in [-0.2, -0.15) is 0 Å². The Labute approximate surface area is 286 Å². The molecule has 2 aliphatic rings. The quantitative estimate of drug-likeness (QED) is 0.195. The SMILES string of the molecule is c1ccc(-c2cc(-c3cccc(-c4ccc5c(c4)C4(c6ccccc6-c6ccccc64)c4ccccc4-5)c3)nc(-c3ccccc3)n2)cc1. The van der Waals surface area contributed by atoms with Crippen molar-refractivity contribution in [1.29, 1.82) is 0 Å². The maximum absolute atomic E-state index is 5.12. The normalized spacial score (nSPS) is 13.1. The van der Waals surface area contributed by atoms with E-state index in [4.69, 9.17) is 9.97 Å². The largest absolute Gasteiger partial charge is 0.228 e. The van der Waals surface area contributed by atoms with E-state index in [1.807, 2.05) is 24.3 Å². The standard InChI is InChI=1S/C47H30N2/c1-3-14-31(15-4-1)44-30-45(49-46(48-44)32-16-5-2-6-17-32)35-19-13-18-33(28-35)34-26-27-39-38-22-9-12-25-42(38)47(43(39)29-34)40-23-10-7-20-36(40)37-21-8-11-24-41(37)47/h1-30H. The predicted molar refractivity (Wildman–Crippen MR) is 200 cm³/mol. The van der Waals surface area contributed by atoms with Crippen molar-refractivity contribution in [3.8, 4) is 67.3 Å². The second kappa shape index (κ2) is 10.8. The Morgan fingerprint density at radius 1 is 0.286 bits per heavy atom. The Morgan fingerprint density at radius 3 is 1.35 bits per heavy atom. The topological polar surface area (TPSA) is 25.8 Å². The molecule has 0 radical (unpaired) electrons. The van der Waals surface area contributed by atoms with Gasteiger partial charge in [0.25, 0.3) is 0 Å². The first-order valence-corrected chi connectivity index (χ1v) is 16.8. The highest BCUT2D eigenvalue weighted by molar-refractivity contribution is 5.96. The van der Waals surface area contributed by atoms with E-state index in [-0.39, 0.29) is 5.41 Å². The molecule has 10 rings (SSSR count). The van der Waals surface area contributed by atoms with E-state index in [1.54, 1.807) is 0 Å². The molecule has 0 saturated carbocycles. The van der Waals surface area contributed by atoms with Gasteiger partial charge in [-0.25, -0.2) is 9.97 Å². The summed E-state index contributed by atoms with van der Waals surface area (Å²) in [5.74, 6) is 0.721. The van der Waals surface area contributed by atoms with Gasteiger partial charge in [-0.3, -0.25) is 0 Å². The summed E-state index contributed by atoms with van der Waals surface area (Å²) in [5.41, 5.74) is 17.6. The Balaban J connectivity index is 1.15. The van der Waals surface area contributed by atoms with Gasteiger partial charge in [0.05, 0.1) is 16.8 Å². The summed E-state index contributed by atoms with van der Waals surface area (Å²) in [4.78, 5) is 10.1. The molecular formula is C47H30N2. The Kier molecular flexibility index (Phi) is 6.13. The minimum Gasteiger partial charge on any atom is -0.228 e. The van der Waals surface area contributed by atoms with Crippen LogP contribution < -0.4 is 0 Å². The summed E-state index contributed by atoms with van der Waals surface area (Å²) in [7, 11) is 0. The van der Waals surface area contributed by atoms with Crippen LogP contribution in [0.25, 0.3) is 67.3 Å². The lowest BCUT2D eigenvalue weighted by molar-refractivity contribution is 0.794. The smallest absolute Gasteiger partial charge is 0.160 e. The zero-order chi connectivity index (χ0) is 32.4. The van der Waals surface area contributed by atoms with Crippen molar-refractivity contribution in [2.75, 3.05) is 0 Å². The monoisotopic (exact) mass is 622 g/mol. The van der Waals surface area contributed by atoms with Crippen LogP contribution in [0.1, 0.15) is 22.3 Å². The molecular weight excluding hydrogens is 593 g/mol. The molecule has 49 heavy (non-hydrogen) atoms. The number of aromatic nitrogens is 2. The van der Waals surface area contributed by atoms with Gasteiger partial charge < -0.3 is 0 Å². The molecule has 0 saturated heterocycles. The molecule has 8 aromatic rings. The van der Waals surface area contributed by atoms with Crippen LogP contribution in [0, 0.1) is 0 Å². The minimum absolute atomic E-state index is 0.367. The Bertz CT molecular complexity index is 2430. The van der Waals surface area contributed by atoms with E-state index >= 15 is 0 Å². The fourth-order valence-corrected chi connectivity index (χ4v) is 8.20. The Morgan fingerprint density at radius 2 is 0.735 bits per heavy atom. The first kappa shape index (κ1) is 27.7. The summed E-state index contributed by atoms with van der Waals surface area (Å²) in [6, 6.07) is 65.5.